The predicted molar refractivity (Wildman–Crippen MR) is 70.3 cm³/mol. The molecule has 3 rings (SSSR count). The maximum Gasteiger partial charge on any atom is 0.128 e. The maximum absolute atomic E-state index is 10.3. The number of halogens is 1. The van der Waals surface area contributed by atoms with E-state index in [2.05, 4.69) is 22.0 Å². The van der Waals surface area contributed by atoms with Crippen molar-refractivity contribution in [2.24, 2.45) is 5.92 Å². The molecule has 2 aliphatic rings. The van der Waals surface area contributed by atoms with E-state index in [1.165, 1.54) is 24.8 Å². The zero-order chi connectivity index (χ0) is 11.8. The molecule has 0 amide bonds. The number of fused-ring (bicyclic) bond motifs is 1. The molecule has 0 bridgehead atoms. The molecule has 1 aromatic carbocycles. The summed E-state index contributed by atoms with van der Waals surface area (Å²) in [4.78, 5) is 0. The number of hydrogen-bond acceptors (Lipinski definition) is 2. The van der Waals surface area contributed by atoms with E-state index < -0.39 is 0 Å². The van der Waals surface area contributed by atoms with E-state index in [4.69, 9.17) is 4.74 Å². The molecular formula is C14H17BrO2. The molecule has 1 heterocycles. The number of aliphatic hydroxyl groups is 1. The molecule has 1 aromatic rings. The Balaban J connectivity index is 1.85. The van der Waals surface area contributed by atoms with Gasteiger partial charge in [-0.3, -0.25) is 0 Å². The Morgan fingerprint density at radius 2 is 2.24 bits per heavy atom. The highest BCUT2D eigenvalue weighted by molar-refractivity contribution is 9.10. The van der Waals surface area contributed by atoms with Crippen LogP contribution in [0.2, 0.25) is 0 Å². The molecule has 1 atom stereocenters. The summed E-state index contributed by atoms with van der Waals surface area (Å²) in [6.45, 7) is 0.745. The van der Waals surface area contributed by atoms with Gasteiger partial charge in [0.05, 0.1) is 12.7 Å². The van der Waals surface area contributed by atoms with Crippen molar-refractivity contribution in [3.8, 4) is 5.75 Å². The van der Waals surface area contributed by atoms with Crippen molar-refractivity contribution < 1.29 is 9.84 Å². The van der Waals surface area contributed by atoms with Gasteiger partial charge in [0.1, 0.15) is 5.75 Å². The highest BCUT2D eigenvalue weighted by atomic mass is 79.9. The quantitative estimate of drug-likeness (QED) is 0.923. The van der Waals surface area contributed by atoms with Crippen LogP contribution in [0.15, 0.2) is 16.6 Å². The van der Waals surface area contributed by atoms with Crippen LogP contribution < -0.4 is 4.74 Å². The van der Waals surface area contributed by atoms with Crippen LogP contribution >= 0.6 is 15.9 Å². The van der Waals surface area contributed by atoms with Crippen molar-refractivity contribution in [1.82, 2.24) is 0 Å². The standard InChI is InChI=1S/C14H17BrO2/c15-11-7-10-4-5-17-14(10)12(8-11)13(16)6-9-2-1-3-9/h7-9,13,16H,1-6H2. The smallest absolute Gasteiger partial charge is 0.128 e. The molecule has 0 saturated heterocycles. The van der Waals surface area contributed by atoms with Crippen LogP contribution in [0.5, 0.6) is 5.75 Å². The molecule has 1 fully saturated rings. The molecule has 17 heavy (non-hydrogen) atoms. The summed E-state index contributed by atoms with van der Waals surface area (Å²) >= 11 is 3.51. The second-order valence-corrected chi connectivity index (χ2v) is 6.05. The van der Waals surface area contributed by atoms with Crippen molar-refractivity contribution >= 4 is 15.9 Å². The van der Waals surface area contributed by atoms with Crippen molar-refractivity contribution in [1.29, 1.82) is 0 Å². The largest absolute Gasteiger partial charge is 0.493 e. The highest BCUT2D eigenvalue weighted by Crippen LogP contribution is 2.41. The van der Waals surface area contributed by atoms with E-state index >= 15 is 0 Å². The van der Waals surface area contributed by atoms with Gasteiger partial charge in [-0.05, 0) is 30.0 Å². The van der Waals surface area contributed by atoms with Gasteiger partial charge in [-0.15, -0.1) is 0 Å². The van der Waals surface area contributed by atoms with E-state index in [0.29, 0.717) is 5.92 Å². The van der Waals surface area contributed by atoms with E-state index in [9.17, 15) is 5.11 Å². The Hall–Kier alpha value is -0.540. The fourth-order valence-corrected chi connectivity index (χ4v) is 3.24. The predicted octanol–water partition coefficient (Wildman–Crippen LogP) is 3.61. The summed E-state index contributed by atoms with van der Waals surface area (Å²) in [5.41, 5.74) is 2.20. The molecule has 2 nitrogen and oxygen atoms in total. The lowest BCUT2D eigenvalue weighted by atomic mass is 9.80. The average molecular weight is 297 g/mol. The number of ether oxygens (including phenoxy) is 1. The molecule has 1 aliphatic carbocycles. The molecule has 92 valence electrons. The molecule has 0 radical (unpaired) electrons. The zero-order valence-corrected chi connectivity index (χ0v) is 11.4. The molecular weight excluding hydrogens is 280 g/mol. The molecule has 0 spiro atoms. The van der Waals surface area contributed by atoms with Gasteiger partial charge in [-0.2, -0.15) is 0 Å². The van der Waals surface area contributed by atoms with Crippen LogP contribution in [0, 0.1) is 5.92 Å². The lowest BCUT2D eigenvalue weighted by Crippen LogP contribution is -2.15. The van der Waals surface area contributed by atoms with Gasteiger partial charge in [-0.25, -0.2) is 0 Å². The number of aliphatic hydroxyl groups excluding tert-OH is 1. The van der Waals surface area contributed by atoms with Crippen LogP contribution in [-0.2, 0) is 6.42 Å². The Kier molecular flexibility index (Phi) is 3.14. The number of benzene rings is 1. The Labute approximate surface area is 110 Å². The zero-order valence-electron chi connectivity index (χ0n) is 9.79. The number of hydrogen-bond donors (Lipinski definition) is 1. The van der Waals surface area contributed by atoms with Crippen molar-refractivity contribution in [2.45, 2.75) is 38.2 Å². The normalized spacial score (nSPS) is 20.6. The fraction of sp³-hybridized carbons (Fsp3) is 0.571. The highest BCUT2D eigenvalue weighted by Gasteiger charge is 2.26. The van der Waals surface area contributed by atoms with Gasteiger partial charge in [0, 0.05) is 16.5 Å². The van der Waals surface area contributed by atoms with Crippen LogP contribution in [0.4, 0.5) is 0 Å². The Morgan fingerprint density at radius 1 is 1.41 bits per heavy atom. The van der Waals surface area contributed by atoms with Gasteiger partial charge in [0.15, 0.2) is 0 Å². The van der Waals surface area contributed by atoms with Crippen LogP contribution in [0.25, 0.3) is 0 Å². The Bertz CT molecular complexity index is 426. The summed E-state index contributed by atoms with van der Waals surface area (Å²) in [6, 6.07) is 4.11. The minimum atomic E-state index is -0.371. The first-order valence-corrected chi connectivity index (χ1v) is 7.16. The van der Waals surface area contributed by atoms with Gasteiger partial charge < -0.3 is 9.84 Å². The third-order valence-corrected chi connectivity index (χ3v) is 4.38. The number of rotatable bonds is 3. The van der Waals surface area contributed by atoms with E-state index in [1.807, 2.05) is 6.07 Å². The summed E-state index contributed by atoms with van der Waals surface area (Å²) in [5, 5.41) is 10.3. The SMILES string of the molecule is OC(CC1CCC1)c1cc(Br)cc2c1OCC2. The lowest BCUT2D eigenvalue weighted by molar-refractivity contribution is 0.115. The second-order valence-electron chi connectivity index (χ2n) is 5.13. The van der Waals surface area contributed by atoms with E-state index in [1.54, 1.807) is 0 Å². The summed E-state index contributed by atoms with van der Waals surface area (Å²) in [5.74, 6) is 1.64. The fourth-order valence-electron chi connectivity index (χ4n) is 2.72. The van der Waals surface area contributed by atoms with Gasteiger partial charge in [-0.1, -0.05) is 35.2 Å². The first-order valence-electron chi connectivity index (χ1n) is 6.37. The van der Waals surface area contributed by atoms with Crippen LogP contribution in [-0.4, -0.2) is 11.7 Å². The van der Waals surface area contributed by atoms with Gasteiger partial charge in [0.2, 0.25) is 0 Å². The van der Waals surface area contributed by atoms with Crippen molar-refractivity contribution in [3.63, 3.8) is 0 Å². The average Bonchev–Trinajstić information content (AvgIpc) is 2.69. The van der Waals surface area contributed by atoms with Crippen LogP contribution in [0.1, 0.15) is 42.9 Å². The minimum absolute atomic E-state index is 0.371. The molecule has 1 saturated carbocycles. The molecule has 1 aliphatic heterocycles. The lowest BCUT2D eigenvalue weighted by Gasteiger charge is -2.28. The summed E-state index contributed by atoms with van der Waals surface area (Å²) in [7, 11) is 0. The first-order chi connectivity index (χ1) is 8.24. The summed E-state index contributed by atoms with van der Waals surface area (Å²) < 4.78 is 6.70. The Morgan fingerprint density at radius 3 is 2.94 bits per heavy atom. The molecule has 1 unspecified atom stereocenters. The third-order valence-electron chi connectivity index (χ3n) is 3.92. The van der Waals surface area contributed by atoms with Gasteiger partial charge in [0.25, 0.3) is 0 Å². The van der Waals surface area contributed by atoms with Crippen molar-refractivity contribution in [2.75, 3.05) is 6.61 Å². The first kappa shape index (κ1) is 11.5. The maximum atomic E-state index is 10.3. The molecule has 3 heteroatoms. The van der Waals surface area contributed by atoms with Crippen LogP contribution in [0.3, 0.4) is 0 Å². The monoisotopic (exact) mass is 296 g/mol. The third kappa shape index (κ3) is 2.23. The molecule has 1 N–H and O–H groups in total. The summed E-state index contributed by atoms with van der Waals surface area (Å²) in [6.07, 6.45) is 5.33. The topological polar surface area (TPSA) is 29.5 Å². The van der Waals surface area contributed by atoms with E-state index in [-0.39, 0.29) is 6.10 Å². The van der Waals surface area contributed by atoms with Gasteiger partial charge >= 0.3 is 0 Å². The second kappa shape index (κ2) is 4.62. The minimum Gasteiger partial charge on any atom is -0.493 e. The van der Waals surface area contributed by atoms with E-state index in [0.717, 1.165) is 35.2 Å². The molecule has 0 aromatic heterocycles. The van der Waals surface area contributed by atoms with Crippen molar-refractivity contribution in [3.05, 3.63) is 27.7 Å².